The molecule has 0 spiro atoms. The molecule has 4 heteroatoms. The maximum absolute atomic E-state index is 13.3. The first-order chi connectivity index (χ1) is 9.61. The van der Waals surface area contributed by atoms with Crippen molar-refractivity contribution in [3.8, 4) is 0 Å². The van der Waals surface area contributed by atoms with Crippen molar-refractivity contribution in [2.75, 3.05) is 5.73 Å². The predicted octanol–water partition coefficient (Wildman–Crippen LogP) is 3.02. The van der Waals surface area contributed by atoms with E-state index in [2.05, 4.69) is 11.1 Å². The Morgan fingerprint density at radius 3 is 2.85 bits per heavy atom. The highest BCUT2D eigenvalue weighted by molar-refractivity contribution is 5.80. The molecule has 3 rings (SSSR count). The van der Waals surface area contributed by atoms with Gasteiger partial charge >= 0.3 is 0 Å². The van der Waals surface area contributed by atoms with E-state index in [-0.39, 0.29) is 5.82 Å². The lowest BCUT2D eigenvalue weighted by atomic mass is 9.97. The molecule has 1 fully saturated rings. The van der Waals surface area contributed by atoms with Crippen LogP contribution in [0, 0.1) is 11.7 Å². The number of rotatable bonds is 3. The molecule has 1 saturated carbocycles. The van der Waals surface area contributed by atoms with E-state index >= 15 is 0 Å². The monoisotopic (exact) mass is 273 g/mol. The van der Waals surface area contributed by atoms with E-state index in [4.69, 9.17) is 11.5 Å². The van der Waals surface area contributed by atoms with Crippen LogP contribution in [0.4, 0.5) is 10.2 Å². The van der Waals surface area contributed by atoms with Gasteiger partial charge in [0, 0.05) is 11.4 Å². The fourth-order valence-corrected chi connectivity index (χ4v) is 3.10. The zero-order valence-electron chi connectivity index (χ0n) is 11.5. The molecule has 20 heavy (non-hydrogen) atoms. The second-order valence-electron chi connectivity index (χ2n) is 5.86. The summed E-state index contributed by atoms with van der Waals surface area (Å²) in [5.74, 6) is 0.258. The molecular formula is C16H20FN3. The average molecular weight is 273 g/mol. The van der Waals surface area contributed by atoms with E-state index < -0.39 is 5.82 Å². The van der Waals surface area contributed by atoms with Gasteiger partial charge in [-0.1, -0.05) is 12.1 Å². The molecule has 2 unspecified atom stereocenters. The number of nitrogen functional groups attached to an aromatic ring is 1. The zero-order chi connectivity index (χ0) is 14.1. The summed E-state index contributed by atoms with van der Waals surface area (Å²) in [6.07, 6.45) is 5.72. The summed E-state index contributed by atoms with van der Waals surface area (Å²) in [7, 11) is 0. The fraction of sp³-hybridized carbons (Fsp3) is 0.438. The van der Waals surface area contributed by atoms with Gasteiger partial charge in [0.25, 0.3) is 0 Å². The van der Waals surface area contributed by atoms with E-state index in [1.54, 1.807) is 0 Å². The molecule has 4 N–H and O–H groups in total. The van der Waals surface area contributed by atoms with Gasteiger partial charge in [-0.3, -0.25) is 0 Å². The first kappa shape index (κ1) is 13.3. The van der Waals surface area contributed by atoms with Crippen LogP contribution in [0.15, 0.2) is 24.3 Å². The van der Waals surface area contributed by atoms with E-state index in [0.717, 1.165) is 42.5 Å². The van der Waals surface area contributed by atoms with Gasteiger partial charge < -0.3 is 11.5 Å². The van der Waals surface area contributed by atoms with Gasteiger partial charge in [0.05, 0.1) is 5.52 Å². The highest BCUT2D eigenvalue weighted by Gasteiger charge is 2.21. The molecule has 0 radical (unpaired) electrons. The van der Waals surface area contributed by atoms with E-state index in [0.29, 0.717) is 6.04 Å². The van der Waals surface area contributed by atoms with Gasteiger partial charge in [0.15, 0.2) is 11.6 Å². The quantitative estimate of drug-likeness (QED) is 0.903. The Bertz CT molecular complexity index is 626. The number of hydrogen-bond donors (Lipinski definition) is 2. The van der Waals surface area contributed by atoms with Crippen molar-refractivity contribution in [1.82, 2.24) is 4.98 Å². The molecule has 1 aliphatic carbocycles. The topological polar surface area (TPSA) is 64.9 Å². The van der Waals surface area contributed by atoms with Gasteiger partial charge in [-0.25, -0.2) is 9.37 Å². The minimum Gasteiger partial charge on any atom is -0.381 e. The number of anilines is 1. The van der Waals surface area contributed by atoms with Crippen LogP contribution in [0.3, 0.4) is 0 Å². The minimum atomic E-state index is -0.454. The number of nitrogens with two attached hydrogens (primary N) is 2. The summed E-state index contributed by atoms with van der Waals surface area (Å²) in [5, 5.41) is 0.795. The van der Waals surface area contributed by atoms with Gasteiger partial charge in [0.1, 0.15) is 0 Å². The average Bonchev–Trinajstić information content (AvgIpc) is 2.84. The van der Waals surface area contributed by atoms with Crippen LogP contribution in [0.5, 0.6) is 0 Å². The van der Waals surface area contributed by atoms with Crippen LogP contribution in [-0.2, 0) is 6.42 Å². The van der Waals surface area contributed by atoms with Crippen molar-refractivity contribution in [3.63, 3.8) is 0 Å². The van der Waals surface area contributed by atoms with Gasteiger partial charge in [0.2, 0.25) is 0 Å². The van der Waals surface area contributed by atoms with Crippen molar-refractivity contribution < 1.29 is 4.39 Å². The summed E-state index contributed by atoms with van der Waals surface area (Å²) in [5.41, 5.74) is 13.5. The first-order valence-electron chi connectivity index (χ1n) is 7.22. The summed E-state index contributed by atoms with van der Waals surface area (Å²) >= 11 is 0. The number of benzene rings is 1. The fourth-order valence-electron chi connectivity index (χ4n) is 3.10. The molecule has 0 bridgehead atoms. The Kier molecular flexibility index (Phi) is 3.57. The Morgan fingerprint density at radius 2 is 2.10 bits per heavy atom. The lowest BCUT2D eigenvalue weighted by molar-refractivity contribution is 0.495. The molecule has 106 valence electrons. The largest absolute Gasteiger partial charge is 0.381 e. The van der Waals surface area contributed by atoms with E-state index in [1.165, 1.54) is 18.1 Å². The molecule has 0 aliphatic heterocycles. The third-order valence-electron chi connectivity index (χ3n) is 4.29. The molecule has 1 aromatic carbocycles. The van der Waals surface area contributed by atoms with E-state index in [9.17, 15) is 4.39 Å². The summed E-state index contributed by atoms with van der Waals surface area (Å²) in [4.78, 5) is 4.11. The molecule has 2 atom stereocenters. The van der Waals surface area contributed by atoms with Crippen LogP contribution in [0.1, 0.15) is 31.2 Å². The van der Waals surface area contributed by atoms with Gasteiger partial charge in [-0.15, -0.1) is 0 Å². The highest BCUT2D eigenvalue weighted by Crippen LogP contribution is 2.28. The lowest BCUT2D eigenvalue weighted by Gasteiger charge is -2.10. The first-order valence-corrected chi connectivity index (χ1v) is 7.22. The molecule has 1 aliphatic rings. The molecule has 0 amide bonds. The SMILES string of the molecule is Nc1nc2cc(CCC3CCC(N)C3)ccc2cc1F. The second kappa shape index (κ2) is 5.37. The van der Waals surface area contributed by atoms with E-state index in [1.807, 2.05) is 12.1 Å². The van der Waals surface area contributed by atoms with Crippen LogP contribution in [0.25, 0.3) is 10.9 Å². The molecular weight excluding hydrogens is 253 g/mol. The molecule has 1 heterocycles. The standard InChI is InChI=1S/C16H20FN3/c17-14-9-12-5-3-11(8-15(12)20-16(14)19)2-1-10-4-6-13(18)7-10/h3,5,8-10,13H,1-2,4,6-7,18H2,(H2,19,20). The van der Waals surface area contributed by atoms with Crippen molar-refractivity contribution in [1.29, 1.82) is 0 Å². The third-order valence-corrected chi connectivity index (χ3v) is 4.29. The van der Waals surface area contributed by atoms with Crippen molar-refractivity contribution in [2.24, 2.45) is 11.7 Å². The maximum Gasteiger partial charge on any atom is 0.165 e. The number of aromatic nitrogens is 1. The number of pyridine rings is 1. The minimum absolute atomic E-state index is 0.0311. The van der Waals surface area contributed by atoms with Crippen molar-refractivity contribution >= 4 is 16.7 Å². The molecule has 0 saturated heterocycles. The van der Waals surface area contributed by atoms with Crippen LogP contribution in [0.2, 0.25) is 0 Å². The van der Waals surface area contributed by atoms with Crippen LogP contribution >= 0.6 is 0 Å². The number of nitrogens with zero attached hydrogens (tertiary/aromatic N) is 1. The summed E-state index contributed by atoms with van der Waals surface area (Å²) < 4.78 is 13.3. The highest BCUT2D eigenvalue weighted by atomic mass is 19.1. The third kappa shape index (κ3) is 2.75. The van der Waals surface area contributed by atoms with Crippen LogP contribution < -0.4 is 11.5 Å². The maximum atomic E-state index is 13.3. The second-order valence-corrected chi connectivity index (χ2v) is 5.86. The number of fused-ring (bicyclic) bond motifs is 1. The van der Waals surface area contributed by atoms with Gasteiger partial charge in [-0.2, -0.15) is 0 Å². The molecule has 2 aromatic rings. The lowest BCUT2D eigenvalue weighted by Crippen LogP contribution is -2.14. The number of aryl methyl sites for hydroxylation is 1. The predicted molar refractivity (Wildman–Crippen MR) is 79.8 cm³/mol. The normalized spacial score (nSPS) is 22.5. The Balaban J connectivity index is 1.74. The molecule has 1 aromatic heterocycles. The summed E-state index contributed by atoms with van der Waals surface area (Å²) in [6.45, 7) is 0. The smallest absolute Gasteiger partial charge is 0.165 e. The van der Waals surface area contributed by atoms with Crippen LogP contribution in [-0.4, -0.2) is 11.0 Å². The Hall–Kier alpha value is -1.68. The zero-order valence-corrected chi connectivity index (χ0v) is 11.5. The van der Waals surface area contributed by atoms with Crippen molar-refractivity contribution in [3.05, 3.63) is 35.6 Å². The summed E-state index contributed by atoms with van der Waals surface area (Å²) in [6, 6.07) is 7.81. The number of hydrogen-bond acceptors (Lipinski definition) is 3. The molecule has 3 nitrogen and oxygen atoms in total. The van der Waals surface area contributed by atoms with Crippen molar-refractivity contribution in [2.45, 2.75) is 38.1 Å². The Morgan fingerprint density at radius 1 is 1.25 bits per heavy atom. The van der Waals surface area contributed by atoms with Gasteiger partial charge in [-0.05, 0) is 55.7 Å². The Labute approximate surface area is 118 Å². The number of halogens is 1.